The molecule has 38 heavy (non-hydrogen) atoms. The lowest BCUT2D eigenvalue weighted by Crippen LogP contribution is -2.20. The Labute approximate surface area is 232 Å². The van der Waals surface area contributed by atoms with Crippen LogP contribution in [0.4, 0.5) is 0 Å². The fourth-order valence-electron chi connectivity index (χ4n) is 3.94. The molecule has 0 amide bonds. The summed E-state index contributed by atoms with van der Waals surface area (Å²) in [7, 11) is 0. The highest BCUT2D eigenvalue weighted by Crippen LogP contribution is 2.34. The molecule has 2 heterocycles. The molecule has 5 rings (SSSR count). The van der Waals surface area contributed by atoms with E-state index in [4.69, 9.17) is 30.5 Å². The summed E-state index contributed by atoms with van der Waals surface area (Å²) in [6.45, 7) is 6.45. The van der Waals surface area contributed by atoms with E-state index in [1.807, 2.05) is 32.0 Å². The Morgan fingerprint density at radius 3 is 2.74 bits per heavy atom. The highest BCUT2D eigenvalue weighted by molar-refractivity contribution is 9.10. The maximum absolute atomic E-state index is 13.6. The minimum atomic E-state index is -0.321. The third-order valence-electron chi connectivity index (χ3n) is 6.03. The largest absolute Gasteiger partial charge is 0.490 e. The first-order valence-electron chi connectivity index (χ1n) is 12.3. The van der Waals surface area contributed by atoms with Crippen molar-refractivity contribution >= 4 is 55.6 Å². The molecule has 1 atom stereocenters. The average molecular weight is 595 g/mol. The number of rotatable bonds is 8. The summed E-state index contributed by atoms with van der Waals surface area (Å²) in [6, 6.07) is 17.9. The Bertz CT molecular complexity index is 1730. The number of aromatic nitrogens is 2. The van der Waals surface area contributed by atoms with Crippen molar-refractivity contribution in [3.8, 4) is 23.1 Å². The van der Waals surface area contributed by atoms with Gasteiger partial charge in [-0.3, -0.25) is 4.79 Å². The molecule has 0 aliphatic rings. The first kappa shape index (κ1) is 26.0. The van der Waals surface area contributed by atoms with Crippen molar-refractivity contribution in [3.63, 3.8) is 0 Å². The van der Waals surface area contributed by atoms with Crippen molar-refractivity contribution in [2.75, 3.05) is 6.61 Å². The van der Waals surface area contributed by atoms with E-state index in [0.717, 1.165) is 16.3 Å². The van der Waals surface area contributed by atoms with Crippen molar-refractivity contribution < 1.29 is 13.9 Å². The Hall–Kier alpha value is -3.62. The van der Waals surface area contributed by atoms with Gasteiger partial charge in [0.05, 0.1) is 29.8 Å². The van der Waals surface area contributed by atoms with Crippen molar-refractivity contribution in [3.05, 3.63) is 86.1 Å². The Balaban J connectivity index is 1.65. The van der Waals surface area contributed by atoms with Crippen LogP contribution in [0.25, 0.3) is 33.5 Å². The molecule has 9 heteroatoms. The van der Waals surface area contributed by atoms with Crippen LogP contribution in [0.15, 0.2) is 79.4 Å². The second-order valence-corrected chi connectivity index (χ2v) is 9.99. The summed E-state index contributed by atoms with van der Waals surface area (Å²) >= 11 is 9.77. The molecular formula is C29H25BrClN3O4. The second-order valence-electron chi connectivity index (χ2n) is 8.70. The highest BCUT2D eigenvalue weighted by atomic mass is 79.9. The summed E-state index contributed by atoms with van der Waals surface area (Å²) in [4.78, 5) is 18.3. The quantitative estimate of drug-likeness (QED) is 0.172. The molecule has 7 nitrogen and oxygen atoms in total. The van der Waals surface area contributed by atoms with Crippen LogP contribution in [0.1, 0.15) is 32.8 Å². The van der Waals surface area contributed by atoms with Gasteiger partial charge in [-0.05, 0) is 84.7 Å². The molecule has 0 N–H and O–H groups in total. The predicted molar refractivity (Wildman–Crippen MR) is 155 cm³/mol. The smallest absolute Gasteiger partial charge is 0.282 e. The van der Waals surface area contributed by atoms with Gasteiger partial charge in [-0.25, -0.2) is 4.98 Å². The van der Waals surface area contributed by atoms with E-state index in [-0.39, 0.29) is 17.5 Å². The van der Waals surface area contributed by atoms with Gasteiger partial charge in [-0.1, -0.05) is 30.7 Å². The van der Waals surface area contributed by atoms with Gasteiger partial charge in [0.25, 0.3) is 5.56 Å². The van der Waals surface area contributed by atoms with Crippen LogP contribution in [-0.2, 0) is 0 Å². The maximum atomic E-state index is 13.6. The lowest BCUT2D eigenvalue weighted by atomic mass is 10.2. The molecule has 0 radical (unpaired) electrons. The lowest BCUT2D eigenvalue weighted by molar-refractivity contribution is 0.203. The van der Waals surface area contributed by atoms with Crippen molar-refractivity contribution in [2.24, 2.45) is 5.10 Å². The molecule has 0 aliphatic carbocycles. The van der Waals surface area contributed by atoms with Gasteiger partial charge in [0.15, 0.2) is 17.3 Å². The summed E-state index contributed by atoms with van der Waals surface area (Å²) in [5.74, 6) is 1.90. The zero-order chi connectivity index (χ0) is 26.8. The number of ether oxygens (including phenoxy) is 2. The van der Waals surface area contributed by atoms with Gasteiger partial charge >= 0.3 is 0 Å². The molecule has 0 saturated carbocycles. The fourth-order valence-corrected chi connectivity index (χ4v) is 4.55. The number of fused-ring (bicyclic) bond motifs is 2. The van der Waals surface area contributed by atoms with E-state index >= 15 is 0 Å². The first-order valence-corrected chi connectivity index (χ1v) is 13.4. The molecule has 3 aromatic carbocycles. The summed E-state index contributed by atoms with van der Waals surface area (Å²) in [5.41, 5.74) is 1.55. The number of para-hydroxylation sites is 1. The molecule has 0 fully saturated rings. The van der Waals surface area contributed by atoms with Gasteiger partial charge in [0, 0.05) is 20.4 Å². The van der Waals surface area contributed by atoms with Crippen molar-refractivity contribution in [2.45, 2.75) is 33.3 Å². The van der Waals surface area contributed by atoms with E-state index in [2.05, 4.69) is 28.0 Å². The molecule has 0 spiro atoms. The zero-order valence-electron chi connectivity index (χ0n) is 21.1. The molecule has 0 saturated heterocycles. The standard InChI is InChI=1S/C29H25BrClN3O4/c1-4-17(3)37-26-15-22(30)19(14-25(26)36-5-2)16-32-34-28(33-23-9-7-6-8-21(23)29(34)35)27-13-18-12-20(31)10-11-24(18)38-27/h6-17H,4-5H2,1-3H3/t17-/m1/s1. The van der Waals surface area contributed by atoms with E-state index in [0.29, 0.717) is 50.9 Å². The van der Waals surface area contributed by atoms with Crippen molar-refractivity contribution in [1.29, 1.82) is 0 Å². The maximum Gasteiger partial charge on any atom is 0.282 e. The van der Waals surface area contributed by atoms with E-state index in [1.54, 1.807) is 48.7 Å². The zero-order valence-corrected chi connectivity index (χ0v) is 23.4. The second kappa shape index (κ2) is 11.0. The third kappa shape index (κ3) is 5.19. The summed E-state index contributed by atoms with van der Waals surface area (Å²) < 4.78 is 19.9. The van der Waals surface area contributed by atoms with Crippen molar-refractivity contribution in [1.82, 2.24) is 9.66 Å². The number of nitrogens with zero attached hydrogens (tertiary/aromatic N) is 3. The molecule has 0 unspecified atom stereocenters. The van der Waals surface area contributed by atoms with Crippen LogP contribution in [0, 0.1) is 0 Å². The first-order chi connectivity index (χ1) is 18.4. The van der Waals surface area contributed by atoms with E-state index in [9.17, 15) is 4.79 Å². The van der Waals surface area contributed by atoms with Gasteiger partial charge in [-0.2, -0.15) is 9.78 Å². The molecule has 2 aromatic heterocycles. The molecular weight excluding hydrogens is 570 g/mol. The summed E-state index contributed by atoms with van der Waals surface area (Å²) in [6.07, 6.45) is 2.48. The summed E-state index contributed by atoms with van der Waals surface area (Å²) in [5, 5.41) is 6.39. The number of halogens is 2. The van der Waals surface area contributed by atoms with E-state index in [1.165, 1.54) is 4.68 Å². The van der Waals surface area contributed by atoms with Gasteiger partial charge in [-0.15, -0.1) is 0 Å². The van der Waals surface area contributed by atoms with E-state index < -0.39 is 0 Å². The topological polar surface area (TPSA) is 78.9 Å². The third-order valence-corrected chi connectivity index (χ3v) is 6.95. The number of hydrogen-bond acceptors (Lipinski definition) is 6. The van der Waals surface area contributed by atoms with Crippen LogP contribution >= 0.6 is 27.5 Å². The average Bonchev–Trinajstić information content (AvgIpc) is 3.33. The monoisotopic (exact) mass is 593 g/mol. The van der Waals surface area contributed by atoms with Crippen LogP contribution in [-0.4, -0.2) is 28.6 Å². The number of hydrogen-bond donors (Lipinski definition) is 0. The van der Waals surface area contributed by atoms with Gasteiger partial charge < -0.3 is 13.9 Å². The minimum Gasteiger partial charge on any atom is -0.490 e. The molecule has 194 valence electrons. The highest BCUT2D eigenvalue weighted by Gasteiger charge is 2.17. The normalized spacial score (nSPS) is 12.4. The number of benzene rings is 3. The van der Waals surface area contributed by atoms with Gasteiger partial charge in [0.2, 0.25) is 5.82 Å². The fraction of sp³-hybridized carbons (Fsp3) is 0.207. The molecule has 0 aliphatic heterocycles. The lowest BCUT2D eigenvalue weighted by Gasteiger charge is -2.17. The SMILES string of the molecule is CCOc1cc(C=Nn2c(-c3cc4cc(Cl)ccc4o3)nc3ccccc3c2=O)c(Br)cc1O[C@H](C)CC. The number of furan rings is 1. The van der Waals surface area contributed by atoms with Crippen LogP contribution in [0.5, 0.6) is 11.5 Å². The Morgan fingerprint density at radius 2 is 1.95 bits per heavy atom. The Morgan fingerprint density at radius 1 is 1.13 bits per heavy atom. The van der Waals surface area contributed by atoms with Gasteiger partial charge in [0.1, 0.15) is 5.58 Å². The molecule has 5 aromatic rings. The Kier molecular flexibility index (Phi) is 7.53. The van der Waals surface area contributed by atoms with Crippen LogP contribution in [0.3, 0.4) is 0 Å². The predicted octanol–water partition coefficient (Wildman–Crippen LogP) is 7.68. The van der Waals surface area contributed by atoms with Crippen LogP contribution < -0.4 is 15.0 Å². The molecule has 0 bridgehead atoms. The minimum absolute atomic E-state index is 0.0316. The van der Waals surface area contributed by atoms with Crippen LogP contribution in [0.2, 0.25) is 5.02 Å².